The van der Waals surface area contributed by atoms with Gasteiger partial charge in [0.2, 0.25) is 0 Å². The second-order valence-corrected chi connectivity index (χ2v) is 6.51. The van der Waals surface area contributed by atoms with E-state index in [1.165, 1.54) is 12.1 Å². The van der Waals surface area contributed by atoms with Crippen molar-refractivity contribution in [2.24, 2.45) is 5.84 Å². The zero-order chi connectivity index (χ0) is 15.4. The number of hydrazine groups is 1. The number of hydrogen-bond donors (Lipinski definition) is 2. The summed E-state index contributed by atoms with van der Waals surface area (Å²) in [6.45, 7) is 0. The second-order valence-electron chi connectivity index (χ2n) is 4.25. The van der Waals surface area contributed by atoms with Crippen molar-refractivity contribution in [3.63, 3.8) is 0 Å². The van der Waals surface area contributed by atoms with Crippen LogP contribution in [0.15, 0.2) is 24.3 Å². The zero-order valence-corrected chi connectivity index (χ0v) is 11.5. The van der Waals surface area contributed by atoms with Crippen LogP contribution in [0.25, 0.3) is 0 Å². The molecule has 0 aliphatic carbocycles. The molecule has 0 radical (unpaired) electrons. The molecule has 1 atom stereocenters. The first-order valence-corrected chi connectivity index (χ1v) is 7.66. The van der Waals surface area contributed by atoms with Crippen molar-refractivity contribution in [3.8, 4) is 5.75 Å². The normalized spacial score (nSPS) is 14.1. The molecule has 0 saturated carbocycles. The third-order valence-corrected chi connectivity index (χ3v) is 3.47. The van der Waals surface area contributed by atoms with Crippen LogP contribution in [0.1, 0.15) is 18.0 Å². The molecule has 0 saturated heterocycles. The molecule has 0 spiro atoms. The van der Waals surface area contributed by atoms with Crippen LogP contribution in [0, 0.1) is 0 Å². The monoisotopic (exact) mass is 312 g/mol. The summed E-state index contributed by atoms with van der Waals surface area (Å²) in [5.74, 6) is 4.89. The van der Waals surface area contributed by atoms with Crippen LogP contribution >= 0.6 is 0 Å². The molecular formula is C11H15F3N2O3S. The predicted octanol–water partition coefficient (Wildman–Crippen LogP) is 1.52. The number of benzene rings is 1. The number of nitrogens with one attached hydrogen (secondary N) is 1. The molecule has 0 aromatic heterocycles. The highest BCUT2D eigenvalue weighted by molar-refractivity contribution is 7.90. The summed E-state index contributed by atoms with van der Waals surface area (Å²) in [6, 6.07) is 4.62. The lowest BCUT2D eigenvalue weighted by molar-refractivity contribution is -0.274. The number of alkyl halides is 3. The molecule has 1 aromatic carbocycles. The third-order valence-electron chi connectivity index (χ3n) is 2.49. The standard InChI is InChI=1S/C11H15F3N2O3S/c1-20(17,18)7-6-10(16-15)8-2-4-9(5-3-8)19-11(12,13)14/h2-5,10,16H,6-7,15H2,1H3. The van der Waals surface area contributed by atoms with Crippen LogP contribution in [0.2, 0.25) is 0 Å². The van der Waals surface area contributed by atoms with Crippen LogP contribution < -0.4 is 16.0 Å². The number of halogens is 3. The van der Waals surface area contributed by atoms with Crippen LogP contribution in [-0.2, 0) is 9.84 Å². The van der Waals surface area contributed by atoms with Gasteiger partial charge in [-0.3, -0.25) is 11.3 Å². The van der Waals surface area contributed by atoms with Crippen LogP contribution in [0.4, 0.5) is 13.2 Å². The summed E-state index contributed by atoms with van der Waals surface area (Å²) in [5, 5.41) is 0. The predicted molar refractivity (Wildman–Crippen MR) is 67.5 cm³/mol. The minimum absolute atomic E-state index is 0.0807. The van der Waals surface area contributed by atoms with E-state index in [1.54, 1.807) is 0 Å². The van der Waals surface area contributed by atoms with Crippen molar-refractivity contribution in [3.05, 3.63) is 29.8 Å². The Balaban J connectivity index is 2.74. The van der Waals surface area contributed by atoms with E-state index in [2.05, 4.69) is 10.2 Å². The highest BCUT2D eigenvalue weighted by Gasteiger charge is 2.31. The molecule has 0 aliphatic rings. The maximum Gasteiger partial charge on any atom is 0.573 e. The summed E-state index contributed by atoms with van der Waals surface area (Å²) in [4.78, 5) is 0. The first-order valence-electron chi connectivity index (χ1n) is 5.60. The van der Waals surface area contributed by atoms with Crippen LogP contribution in [-0.4, -0.2) is 26.8 Å². The van der Waals surface area contributed by atoms with Crippen molar-refractivity contribution in [1.82, 2.24) is 5.43 Å². The van der Waals surface area contributed by atoms with Gasteiger partial charge in [-0.05, 0) is 24.1 Å². The van der Waals surface area contributed by atoms with Gasteiger partial charge in [-0.15, -0.1) is 13.2 Å². The van der Waals surface area contributed by atoms with Crippen LogP contribution in [0.5, 0.6) is 5.75 Å². The van der Waals surface area contributed by atoms with Gasteiger partial charge in [0.25, 0.3) is 0 Å². The number of rotatable bonds is 6. The largest absolute Gasteiger partial charge is 0.573 e. The number of hydrogen-bond acceptors (Lipinski definition) is 5. The lowest BCUT2D eigenvalue weighted by atomic mass is 10.1. The van der Waals surface area contributed by atoms with Gasteiger partial charge in [-0.2, -0.15) is 0 Å². The molecule has 114 valence electrons. The van der Waals surface area contributed by atoms with Crippen molar-refractivity contribution in [1.29, 1.82) is 0 Å². The maximum atomic E-state index is 12.0. The number of nitrogens with two attached hydrogens (primary N) is 1. The highest BCUT2D eigenvalue weighted by Crippen LogP contribution is 2.25. The van der Waals surface area contributed by atoms with Gasteiger partial charge in [0, 0.05) is 12.3 Å². The minimum Gasteiger partial charge on any atom is -0.406 e. The van der Waals surface area contributed by atoms with Gasteiger partial charge in [0.05, 0.1) is 5.75 Å². The second kappa shape index (κ2) is 6.42. The summed E-state index contributed by atoms with van der Waals surface area (Å²) >= 11 is 0. The molecule has 3 N–H and O–H groups in total. The summed E-state index contributed by atoms with van der Waals surface area (Å²) in [6.07, 6.45) is -3.43. The summed E-state index contributed by atoms with van der Waals surface area (Å²) in [7, 11) is -3.14. The lowest BCUT2D eigenvalue weighted by Gasteiger charge is -2.16. The SMILES string of the molecule is CS(=O)(=O)CCC(NN)c1ccc(OC(F)(F)F)cc1. The Morgan fingerprint density at radius 3 is 2.25 bits per heavy atom. The quantitative estimate of drug-likeness (QED) is 0.615. The Labute approximate surface area is 114 Å². The van der Waals surface area contributed by atoms with Gasteiger partial charge in [-0.25, -0.2) is 8.42 Å². The molecule has 1 rings (SSSR count). The molecule has 1 unspecified atom stereocenters. The van der Waals surface area contributed by atoms with E-state index in [0.717, 1.165) is 18.4 Å². The van der Waals surface area contributed by atoms with E-state index in [1.807, 2.05) is 0 Å². The fourth-order valence-corrected chi connectivity index (χ4v) is 2.24. The molecule has 20 heavy (non-hydrogen) atoms. The van der Waals surface area contributed by atoms with Gasteiger partial charge in [0.15, 0.2) is 0 Å². The van der Waals surface area contributed by atoms with Crippen molar-refractivity contribution < 1.29 is 26.3 Å². The van der Waals surface area contributed by atoms with Gasteiger partial charge in [-0.1, -0.05) is 12.1 Å². The van der Waals surface area contributed by atoms with Gasteiger partial charge >= 0.3 is 6.36 Å². The molecule has 0 amide bonds. The topological polar surface area (TPSA) is 81.4 Å². The molecule has 0 bridgehead atoms. The smallest absolute Gasteiger partial charge is 0.406 e. The van der Waals surface area contributed by atoms with Crippen molar-refractivity contribution >= 4 is 9.84 Å². The van der Waals surface area contributed by atoms with Crippen molar-refractivity contribution in [2.75, 3.05) is 12.0 Å². The highest BCUT2D eigenvalue weighted by atomic mass is 32.2. The Bertz CT molecular complexity index is 529. The molecule has 0 heterocycles. The van der Waals surface area contributed by atoms with Crippen LogP contribution in [0.3, 0.4) is 0 Å². The van der Waals surface area contributed by atoms with Crippen molar-refractivity contribution in [2.45, 2.75) is 18.8 Å². The minimum atomic E-state index is -4.75. The maximum absolute atomic E-state index is 12.0. The molecule has 9 heteroatoms. The molecule has 0 fully saturated rings. The fourth-order valence-electron chi connectivity index (χ4n) is 1.58. The summed E-state index contributed by atoms with van der Waals surface area (Å²) < 4.78 is 61.9. The van der Waals surface area contributed by atoms with E-state index in [-0.39, 0.29) is 17.9 Å². The molecular weight excluding hydrogens is 297 g/mol. The Kier molecular flexibility index (Phi) is 5.37. The first-order chi connectivity index (χ1) is 9.11. The number of ether oxygens (including phenoxy) is 1. The third kappa shape index (κ3) is 6.22. The Hall–Kier alpha value is -1.32. The van der Waals surface area contributed by atoms with Gasteiger partial charge in [0.1, 0.15) is 15.6 Å². The van der Waals surface area contributed by atoms with E-state index >= 15 is 0 Å². The molecule has 1 aromatic rings. The Morgan fingerprint density at radius 1 is 1.30 bits per heavy atom. The fraction of sp³-hybridized carbons (Fsp3) is 0.455. The van der Waals surface area contributed by atoms with E-state index < -0.39 is 22.2 Å². The first kappa shape index (κ1) is 16.7. The number of sulfone groups is 1. The van der Waals surface area contributed by atoms with E-state index in [9.17, 15) is 21.6 Å². The average Bonchev–Trinajstić information content (AvgIpc) is 2.28. The average molecular weight is 312 g/mol. The lowest BCUT2D eigenvalue weighted by Crippen LogP contribution is -2.29. The molecule has 5 nitrogen and oxygen atoms in total. The van der Waals surface area contributed by atoms with E-state index in [0.29, 0.717) is 5.56 Å². The van der Waals surface area contributed by atoms with Gasteiger partial charge < -0.3 is 4.74 Å². The zero-order valence-electron chi connectivity index (χ0n) is 10.6. The molecule has 0 aliphatic heterocycles. The Morgan fingerprint density at radius 2 is 1.85 bits per heavy atom. The van der Waals surface area contributed by atoms with E-state index in [4.69, 9.17) is 5.84 Å². The summed E-state index contributed by atoms with van der Waals surface area (Å²) in [5.41, 5.74) is 3.01.